The molecule has 0 unspecified atom stereocenters. The van der Waals surface area contributed by atoms with Gasteiger partial charge in [-0.2, -0.15) is 0 Å². The van der Waals surface area contributed by atoms with Crippen LogP contribution in [0.2, 0.25) is 0 Å². The fourth-order valence-electron chi connectivity index (χ4n) is 2.30. The molecule has 0 saturated carbocycles. The quantitative estimate of drug-likeness (QED) is 0.760. The molecule has 0 aliphatic carbocycles. The number of carbonyl (C=O) groups is 1. The van der Waals surface area contributed by atoms with Gasteiger partial charge >= 0.3 is 0 Å². The highest BCUT2D eigenvalue weighted by Gasteiger charge is 2.09. The van der Waals surface area contributed by atoms with Crippen LogP contribution >= 0.6 is 0 Å². The third-order valence-corrected chi connectivity index (χ3v) is 3.45. The lowest BCUT2D eigenvalue weighted by Gasteiger charge is -2.10. The van der Waals surface area contributed by atoms with E-state index < -0.39 is 0 Å². The first-order valence-corrected chi connectivity index (χ1v) is 8.09. The van der Waals surface area contributed by atoms with Crippen LogP contribution in [0.3, 0.4) is 0 Å². The summed E-state index contributed by atoms with van der Waals surface area (Å²) >= 11 is 0. The Balaban J connectivity index is 1.67. The molecule has 0 atom stereocenters. The molecule has 5 heteroatoms. The van der Waals surface area contributed by atoms with E-state index in [1.54, 1.807) is 24.3 Å². The number of aromatic nitrogens is 2. The van der Waals surface area contributed by atoms with Gasteiger partial charge < -0.3 is 10.1 Å². The van der Waals surface area contributed by atoms with Crippen LogP contribution in [0.1, 0.15) is 24.3 Å². The van der Waals surface area contributed by atoms with Crippen LogP contribution in [0.15, 0.2) is 66.7 Å². The molecule has 1 N–H and O–H groups in total. The Hall–Kier alpha value is -3.21. The highest BCUT2D eigenvalue weighted by molar-refractivity contribution is 6.02. The summed E-state index contributed by atoms with van der Waals surface area (Å²) in [4.78, 5) is 12.3. The van der Waals surface area contributed by atoms with Gasteiger partial charge in [0.25, 0.3) is 5.91 Å². The van der Waals surface area contributed by atoms with Crippen molar-refractivity contribution in [2.45, 2.75) is 20.0 Å². The lowest BCUT2D eigenvalue weighted by atomic mass is 10.1. The SMILES string of the molecule is CC(C)Oc1ccc(NC(=O)c2ccc(-c3ccccc3)nn2)cc1. The van der Waals surface area contributed by atoms with Crippen molar-refractivity contribution in [3.8, 4) is 17.0 Å². The third-order valence-electron chi connectivity index (χ3n) is 3.45. The lowest BCUT2D eigenvalue weighted by Crippen LogP contribution is -2.14. The molecule has 0 saturated heterocycles. The molecule has 25 heavy (non-hydrogen) atoms. The highest BCUT2D eigenvalue weighted by Crippen LogP contribution is 2.18. The van der Waals surface area contributed by atoms with Crippen molar-refractivity contribution in [3.05, 3.63) is 72.4 Å². The first-order chi connectivity index (χ1) is 12.1. The Morgan fingerprint density at radius 3 is 2.24 bits per heavy atom. The maximum Gasteiger partial charge on any atom is 0.276 e. The monoisotopic (exact) mass is 333 g/mol. The average Bonchev–Trinajstić information content (AvgIpc) is 2.64. The molecule has 1 heterocycles. The van der Waals surface area contributed by atoms with E-state index in [4.69, 9.17) is 4.74 Å². The van der Waals surface area contributed by atoms with Crippen molar-refractivity contribution in [2.75, 3.05) is 5.32 Å². The summed E-state index contributed by atoms with van der Waals surface area (Å²) < 4.78 is 5.58. The van der Waals surface area contributed by atoms with E-state index >= 15 is 0 Å². The Bertz CT molecular complexity index is 829. The lowest BCUT2D eigenvalue weighted by molar-refractivity contribution is 0.102. The van der Waals surface area contributed by atoms with Gasteiger partial charge in [-0.25, -0.2) is 0 Å². The number of carbonyl (C=O) groups excluding carboxylic acids is 1. The molecule has 5 nitrogen and oxygen atoms in total. The van der Waals surface area contributed by atoms with E-state index in [0.717, 1.165) is 17.0 Å². The Labute approximate surface area is 146 Å². The average molecular weight is 333 g/mol. The Morgan fingerprint density at radius 2 is 1.64 bits per heavy atom. The minimum Gasteiger partial charge on any atom is -0.491 e. The number of hydrogen-bond donors (Lipinski definition) is 1. The predicted molar refractivity (Wildman–Crippen MR) is 97.6 cm³/mol. The number of nitrogens with zero attached hydrogens (tertiary/aromatic N) is 2. The second kappa shape index (κ2) is 7.57. The predicted octanol–water partition coefficient (Wildman–Crippen LogP) is 4.18. The standard InChI is InChI=1S/C20H19N3O2/c1-14(2)25-17-10-8-16(9-11-17)21-20(24)19-13-12-18(22-23-19)15-6-4-3-5-7-15/h3-14H,1-2H3,(H,21,24). The van der Waals surface area contributed by atoms with Gasteiger partial charge in [-0.05, 0) is 50.2 Å². The van der Waals surface area contributed by atoms with Crippen LogP contribution in [-0.4, -0.2) is 22.2 Å². The number of anilines is 1. The van der Waals surface area contributed by atoms with E-state index in [2.05, 4.69) is 15.5 Å². The molecule has 1 aromatic heterocycles. The summed E-state index contributed by atoms with van der Waals surface area (Å²) in [5, 5.41) is 10.9. The second-order valence-corrected chi connectivity index (χ2v) is 5.81. The molecule has 2 aromatic carbocycles. The van der Waals surface area contributed by atoms with Gasteiger partial charge in [-0.1, -0.05) is 30.3 Å². The first kappa shape index (κ1) is 16.6. The molecule has 0 aliphatic heterocycles. The third kappa shape index (κ3) is 4.41. The zero-order valence-electron chi connectivity index (χ0n) is 14.1. The van der Waals surface area contributed by atoms with Crippen LogP contribution in [0.5, 0.6) is 5.75 Å². The van der Waals surface area contributed by atoms with Crippen molar-refractivity contribution in [3.63, 3.8) is 0 Å². The van der Waals surface area contributed by atoms with Gasteiger partial charge in [0.2, 0.25) is 0 Å². The molecule has 1 amide bonds. The van der Waals surface area contributed by atoms with Gasteiger partial charge in [-0.3, -0.25) is 4.79 Å². The molecule has 3 rings (SSSR count). The minimum absolute atomic E-state index is 0.110. The summed E-state index contributed by atoms with van der Waals surface area (Å²) in [5.74, 6) is 0.463. The topological polar surface area (TPSA) is 64.1 Å². The molecule has 3 aromatic rings. The first-order valence-electron chi connectivity index (χ1n) is 8.09. The minimum atomic E-state index is -0.301. The smallest absolute Gasteiger partial charge is 0.276 e. The molecule has 0 fully saturated rings. The summed E-state index contributed by atoms with van der Waals surface area (Å²) in [6, 6.07) is 20.4. The second-order valence-electron chi connectivity index (χ2n) is 5.81. The molecule has 0 radical (unpaired) electrons. The van der Waals surface area contributed by atoms with E-state index in [1.165, 1.54) is 0 Å². The molecule has 126 valence electrons. The number of rotatable bonds is 5. The summed E-state index contributed by atoms with van der Waals surface area (Å²) in [6.45, 7) is 3.93. The molecular formula is C20H19N3O2. The number of hydrogen-bond acceptors (Lipinski definition) is 4. The van der Waals surface area contributed by atoms with E-state index in [0.29, 0.717) is 5.69 Å². The molecular weight excluding hydrogens is 314 g/mol. The highest BCUT2D eigenvalue weighted by atomic mass is 16.5. The van der Waals surface area contributed by atoms with Gasteiger partial charge in [0.05, 0.1) is 11.8 Å². The maximum absolute atomic E-state index is 12.3. The van der Waals surface area contributed by atoms with Crippen LogP contribution < -0.4 is 10.1 Å². The van der Waals surface area contributed by atoms with Crippen LogP contribution in [0, 0.1) is 0 Å². The molecule has 0 aliphatic rings. The summed E-state index contributed by atoms with van der Waals surface area (Å²) in [7, 11) is 0. The zero-order valence-corrected chi connectivity index (χ0v) is 14.1. The number of benzene rings is 2. The van der Waals surface area contributed by atoms with E-state index in [9.17, 15) is 4.79 Å². The van der Waals surface area contributed by atoms with Crippen molar-refractivity contribution < 1.29 is 9.53 Å². The maximum atomic E-state index is 12.3. The van der Waals surface area contributed by atoms with Crippen molar-refractivity contribution in [1.29, 1.82) is 0 Å². The fraction of sp³-hybridized carbons (Fsp3) is 0.150. The number of ether oxygens (including phenoxy) is 1. The largest absolute Gasteiger partial charge is 0.491 e. The van der Waals surface area contributed by atoms with Gasteiger partial charge in [0, 0.05) is 11.3 Å². The number of amides is 1. The van der Waals surface area contributed by atoms with Crippen LogP contribution in [-0.2, 0) is 0 Å². The van der Waals surface area contributed by atoms with E-state index in [1.807, 2.05) is 56.3 Å². The van der Waals surface area contributed by atoms with Crippen molar-refractivity contribution in [2.24, 2.45) is 0 Å². The summed E-state index contributed by atoms with van der Waals surface area (Å²) in [5.41, 5.74) is 2.63. The van der Waals surface area contributed by atoms with Crippen LogP contribution in [0.4, 0.5) is 5.69 Å². The zero-order chi connectivity index (χ0) is 17.6. The number of nitrogens with one attached hydrogen (secondary N) is 1. The summed E-state index contributed by atoms with van der Waals surface area (Å²) in [6.07, 6.45) is 0.110. The Morgan fingerprint density at radius 1 is 0.920 bits per heavy atom. The Kier molecular flexibility index (Phi) is 5.04. The van der Waals surface area contributed by atoms with Gasteiger partial charge in [0.1, 0.15) is 5.75 Å². The van der Waals surface area contributed by atoms with Crippen molar-refractivity contribution >= 4 is 11.6 Å². The van der Waals surface area contributed by atoms with Gasteiger partial charge in [0.15, 0.2) is 5.69 Å². The molecule has 0 bridgehead atoms. The van der Waals surface area contributed by atoms with E-state index in [-0.39, 0.29) is 17.7 Å². The fourth-order valence-corrected chi connectivity index (χ4v) is 2.30. The van der Waals surface area contributed by atoms with Gasteiger partial charge in [-0.15, -0.1) is 10.2 Å². The van der Waals surface area contributed by atoms with Crippen LogP contribution in [0.25, 0.3) is 11.3 Å². The molecule has 0 spiro atoms. The normalized spacial score (nSPS) is 10.5. The van der Waals surface area contributed by atoms with Crippen molar-refractivity contribution in [1.82, 2.24) is 10.2 Å².